The van der Waals surface area contributed by atoms with Crippen LogP contribution in [0.25, 0.3) is 0 Å². The van der Waals surface area contributed by atoms with E-state index in [-0.39, 0.29) is 6.04 Å². The lowest BCUT2D eigenvalue weighted by molar-refractivity contribution is 0.0494. The second-order valence-electron chi connectivity index (χ2n) is 4.55. The molecule has 0 amide bonds. The molecule has 0 heterocycles. The number of nitrogens with zero attached hydrogens (tertiary/aromatic N) is 1. The van der Waals surface area contributed by atoms with E-state index in [9.17, 15) is 5.11 Å². The number of benzene rings is 1. The third kappa shape index (κ3) is 3.05. The van der Waals surface area contributed by atoms with Crippen molar-refractivity contribution < 1.29 is 5.11 Å². The van der Waals surface area contributed by atoms with E-state index in [1.165, 1.54) is 0 Å². The van der Waals surface area contributed by atoms with Crippen molar-refractivity contribution in [2.24, 2.45) is 5.92 Å². The Labute approximate surface area is 92.5 Å². The van der Waals surface area contributed by atoms with Crippen LogP contribution in [0.2, 0.25) is 0 Å². The Kier molecular flexibility index (Phi) is 4.30. The summed E-state index contributed by atoms with van der Waals surface area (Å²) in [5, 5.41) is 10.3. The van der Waals surface area contributed by atoms with Crippen molar-refractivity contribution in [2.75, 3.05) is 14.1 Å². The lowest BCUT2D eigenvalue weighted by Gasteiger charge is -2.32. The molecule has 1 aromatic carbocycles. The number of aliphatic hydroxyl groups is 1. The first-order chi connectivity index (χ1) is 7.04. The number of rotatable bonds is 4. The fourth-order valence-corrected chi connectivity index (χ4v) is 2.09. The molecule has 15 heavy (non-hydrogen) atoms. The molecular weight excluding hydrogens is 186 g/mol. The van der Waals surface area contributed by atoms with Gasteiger partial charge < -0.3 is 10.0 Å². The van der Waals surface area contributed by atoms with Crippen LogP contribution in [0, 0.1) is 5.92 Å². The molecule has 2 heteroatoms. The maximum absolute atomic E-state index is 10.3. The standard InChI is InChI=1S/C13H21NO/c1-10(2)12(14(3)4)13(15)11-8-6-5-7-9-11/h5-10,12-13,15H,1-4H3/t12-,13+/m1/s1. The van der Waals surface area contributed by atoms with Crippen LogP contribution in [-0.4, -0.2) is 30.1 Å². The van der Waals surface area contributed by atoms with Gasteiger partial charge in [0.05, 0.1) is 6.10 Å². The normalized spacial score (nSPS) is 15.7. The van der Waals surface area contributed by atoms with Crippen molar-refractivity contribution >= 4 is 0 Å². The molecule has 1 aromatic rings. The summed E-state index contributed by atoms with van der Waals surface area (Å²) in [7, 11) is 4.02. The molecule has 2 nitrogen and oxygen atoms in total. The lowest BCUT2D eigenvalue weighted by Crippen LogP contribution is -2.38. The Hall–Kier alpha value is -0.860. The highest BCUT2D eigenvalue weighted by Crippen LogP contribution is 2.24. The predicted molar refractivity (Wildman–Crippen MR) is 63.7 cm³/mol. The van der Waals surface area contributed by atoms with Gasteiger partial charge in [0.15, 0.2) is 0 Å². The Morgan fingerprint density at radius 1 is 1.07 bits per heavy atom. The van der Waals surface area contributed by atoms with E-state index in [0.29, 0.717) is 5.92 Å². The van der Waals surface area contributed by atoms with Crippen molar-refractivity contribution in [3.05, 3.63) is 35.9 Å². The molecule has 0 aliphatic carbocycles. The zero-order chi connectivity index (χ0) is 11.4. The summed E-state index contributed by atoms with van der Waals surface area (Å²) in [5.41, 5.74) is 0.991. The van der Waals surface area contributed by atoms with E-state index in [4.69, 9.17) is 0 Å². The highest BCUT2D eigenvalue weighted by Gasteiger charge is 2.25. The number of hydrogen-bond acceptors (Lipinski definition) is 2. The number of likely N-dealkylation sites (N-methyl/N-ethyl adjacent to an activating group) is 1. The van der Waals surface area contributed by atoms with Crippen molar-refractivity contribution in [3.8, 4) is 0 Å². The monoisotopic (exact) mass is 207 g/mol. The fourth-order valence-electron chi connectivity index (χ4n) is 2.09. The highest BCUT2D eigenvalue weighted by atomic mass is 16.3. The molecule has 0 saturated heterocycles. The molecule has 0 fully saturated rings. The van der Waals surface area contributed by atoms with Gasteiger partial charge in [-0.1, -0.05) is 44.2 Å². The first kappa shape index (κ1) is 12.2. The van der Waals surface area contributed by atoms with Crippen LogP contribution in [0.5, 0.6) is 0 Å². The summed E-state index contributed by atoms with van der Waals surface area (Å²) in [6, 6.07) is 10.0. The molecule has 0 aliphatic rings. The Balaban J connectivity index is 2.86. The van der Waals surface area contributed by atoms with Gasteiger partial charge in [-0.3, -0.25) is 0 Å². The molecule has 1 rings (SSSR count). The summed E-state index contributed by atoms with van der Waals surface area (Å²) in [6.45, 7) is 4.27. The van der Waals surface area contributed by atoms with E-state index >= 15 is 0 Å². The number of hydrogen-bond donors (Lipinski definition) is 1. The van der Waals surface area contributed by atoms with Crippen molar-refractivity contribution in [2.45, 2.75) is 26.0 Å². The van der Waals surface area contributed by atoms with Crippen LogP contribution in [0.3, 0.4) is 0 Å². The molecule has 0 saturated carbocycles. The lowest BCUT2D eigenvalue weighted by atomic mass is 9.92. The van der Waals surface area contributed by atoms with Crippen LogP contribution in [0.1, 0.15) is 25.5 Å². The molecule has 0 aliphatic heterocycles. The average molecular weight is 207 g/mol. The zero-order valence-corrected chi connectivity index (χ0v) is 10.0. The molecule has 1 N–H and O–H groups in total. The van der Waals surface area contributed by atoms with Gasteiger partial charge in [-0.05, 0) is 25.6 Å². The van der Waals surface area contributed by atoms with Gasteiger partial charge in [0.2, 0.25) is 0 Å². The van der Waals surface area contributed by atoms with E-state index in [2.05, 4.69) is 18.7 Å². The van der Waals surface area contributed by atoms with E-state index in [1.807, 2.05) is 44.4 Å². The smallest absolute Gasteiger partial charge is 0.0947 e. The summed E-state index contributed by atoms with van der Waals surface area (Å²) in [4.78, 5) is 2.09. The molecule has 84 valence electrons. The van der Waals surface area contributed by atoms with Crippen LogP contribution in [0.4, 0.5) is 0 Å². The van der Waals surface area contributed by atoms with Crippen LogP contribution in [0.15, 0.2) is 30.3 Å². The maximum Gasteiger partial charge on any atom is 0.0947 e. The maximum atomic E-state index is 10.3. The zero-order valence-electron chi connectivity index (χ0n) is 10.0. The molecule has 2 atom stereocenters. The van der Waals surface area contributed by atoms with Crippen molar-refractivity contribution in [1.82, 2.24) is 4.90 Å². The molecular formula is C13H21NO. The number of aliphatic hydroxyl groups excluding tert-OH is 1. The fraction of sp³-hybridized carbons (Fsp3) is 0.538. The van der Waals surface area contributed by atoms with Crippen LogP contribution in [-0.2, 0) is 0 Å². The minimum atomic E-state index is -0.416. The average Bonchev–Trinajstić information content (AvgIpc) is 2.18. The minimum absolute atomic E-state index is 0.160. The van der Waals surface area contributed by atoms with Gasteiger partial charge in [0.1, 0.15) is 0 Å². The quantitative estimate of drug-likeness (QED) is 0.819. The van der Waals surface area contributed by atoms with Gasteiger partial charge in [0.25, 0.3) is 0 Å². The van der Waals surface area contributed by atoms with E-state index in [1.54, 1.807) is 0 Å². The van der Waals surface area contributed by atoms with Gasteiger partial charge in [0, 0.05) is 6.04 Å². The van der Waals surface area contributed by atoms with Gasteiger partial charge in [-0.2, -0.15) is 0 Å². The third-order valence-corrected chi connectivity index (χ3v) is 2.74. The Morgan fingerprint density at radius 2 is 1.60 bits per heavy atom. The predicted octanol–water partition coefficient (Wildman–Crippen LogP) is 2.31. The first-order valence-corrected chi connectivity index (χ1v) is 5.43. The first-order valence-electron chi connectivity index (χ1n) is 5.43. The SMILES string of the molecule is CC(C)[C@H]([C@@H](O)c1ccccc1)N(C)C. The molecule has 0 bridgehead atoms. The molecule has 0 aromatic heterocycles. The van der Waals surface area contributed by atoms with Crippen LogP contribution < -0.4 is 0 Å². The largest absolute Gasteiger partial charge is 0.387 e. The summed E-state index contributed by atoms with van der Waals surface area (Å²) >= 11 is 0. The second-order valence-corrected chi connectivity index (χ2v) is 4.55. The summed E-state index contributed by atoms with van der Waals surface area (Å²) < 4.78 is 0. The topological polar surface area (TPSA) is 23.5 Å². The minimum Gasteiger partial charge on any atom is -0.387 e. The van der Waals surface area contributed by atoms with Gasteiger partial charge in [-0.25, -0.2) is 0 Å². The summed E-state index contributed by atoms with van der Waals surface area (Å²) in [6.07, 6.45) is -0.416. The van der Waals surface area contributed by atoms with Crippen molar-refractivity contribution in [3.63, 3.8) is 0 Å². The van der Waals surface area contributed by atoms with Crippen LogP contribution >= 0.6 is 0 Å². The third-order valence-electron chi connectivity index (χ3n) is 2.74. The highest BCUT2D eigenvalue weighted by molar-refractivity contribution is 5.19. The second kappa shape index (κ2) is 5.29. The van der Waals surface area contributed by atoms with Gasteiger partial charge >= 0.3 is 0 Å². The van der Waals surface area contributed by atoms with E-state index in [0.717, 1.165) is 5.56 Å². The summed E-state index contributed by atoms with van der Waals surface area (Å²) in [5.74, 6) is 0.426. The molecule has 0 spiro atoms. The van der Waals surface area contributed by atoms with E-state index < -0.39 is 6.10 Å². The molecule has 0 unspecified atom stereocenters. The van der Waals surface area contributed by atoms with Gasteiger partial charge in [-0.15, -0.1) is 0 Å². The molecule has 0 radical (unpaired) electrons. The Morgan fingerprint density at radius 3 is 2.00 bits per heavy atom. The van der Waals surface area contributed by atoms with Crippen molar-refractivity contribution in [1.29, 1.82) is 0 Å². The Bertz CT molecular complexity index is 274.